The Labute approximate surface area is 237 Å². The van der Waals surface area contributed by atoms with E-state index in [-0.39, 0.29) is 6.61 Å². The zero-order valence-electron chi connectivity index (χ0n) is 24.7. The van der Waals surface area contributed by atoms with E-state index in [1.54, 1.807) is 59.4 Å². The summed E-state index contributed by atoms with van der Waals surface area (Å²) in [6, 6.07) is 10.7. The van der Waals surface area contributed by atoms with Crippen molar-refractivity contribution in [3.05, 3.63) is 53.1 Å². The fourth-order valence-electron chi connectivity index (χ4n) is 4.01. The average Bonchev–Trinajstić information content (AvgIpc) is 2.93. The number of benzene rings is 2. The molecule has 40 heavy (non-hydrogen) atoms. The summed E-state index contributed by atoms with van der Waals surface area (Å²) in [6.45, 7) is 8.01. The minimum Gasteiger partial charge on any atom is -0.497 e. The third-order valence-electron chi connectivity index (χ3n) is 6.46. The van der Waals surface area contributed by atoms with Crippen LogP contribution < -0.4 is 24.8 Å². The van der Waals surface area contributed by atoms with Crippen molar-refractivity contribution in [1.29, 1.82) is 0 Å². The smallest absolute Gasteiger partial charge is 0.408 e. The Balaban J connectivity index is 1.66. The summed E-state index contributed by atoms with van der Waals surface area (Å²) in [6.07, 6.45) is 2.31. The number of amides is 2. The van der Waals surface area contributed by atoms with E-state index in [0.717, 1.165) is 36.8 Å². The van der Waals surface area contributed by atoms with Gasteiger partial charge in [0.2, 0.25) is 0 Å². The minimum atomic E-state index is -0.907. The summed E-state index contributed by atoms with van der Waals surface area (Å²) in [7, 11) is 4.69. The van der Waals surface area contributed by atoms with E-state index in [1.807, 2.05) is 26.0 Å². The lowest BCUT2D eigenvalue weighted by atomic mass is 9.96. The van der Waals surface area contributed by atoms with Crippen LogP contribution in [0.4, 0.5) is 9.59 Å². The van der Waals surface area contributed by atoms with Crippen LogP contribution in [0.25, 0.3) is 0 Å². The quantitative estimate of drug-likeness (QED) is 0.248. The molecule has 2 rings (SSSR count). The lowest BCUT2D eigenvalue weighted by Gasteiger charge is -2.26. The van der Waals surface area contributed by atoms with Crippen molar-refractivity contribution in [2.24, 2.45) is 0 Å². The molecule has 0 saturated carbocycles. The van der Waals surface area contributed by atoms with Gasteiger partial charge >= 0.3 is 12.2 Å². The Morgan fingerprint density at radius 1 is 0.650 bits per heavy atom. The number of nitrogens with one attached hydrogen (secondary N) is 2. The molecule has 2 amide bonds. The minimum absolute atomic E-state index is 0.139. The van der Waals surface area contributed by atoms with E-state index in [1.165, 1.54) is 0 Å². The fourth-order valence-corrected chi connectivity index (χ4v) is 4.01. The Morgan fingerprint density at radius 3 is 1.45 bits per heavy atom. The Kier molecular flexibility index (Phi) is 12.4. The molecule has 0 atom stereocenters. The average molecular weight is 561 g/mol. The van der Waals surface area contributed by atoms with Crippen LogP contribution in [0.15, 0.2) is 36.4 Å². The number of ether oxygens (including phenoxy) is 5. The summed E-state index contributed by atoms with van der Waals surface area (Å²) in [5.74, 6) is 1.82. The maximum absolute atomic E-state index is 12.4. The molecule has 0 saturated heterocycles. The largest absolute Gasteiger partial charge is 0.497 e. The van der Waals surface area contributed by atoms with E-state index in [9.17, 15) is 14.7 Å². The number of unbranched alkanes of at least 4 members (excludes halogenated alkanes) is 3. The monoisotopic (exact) mass is 560 g/mol. The van der Waals surface area contributed by atoms with E-state index in [2.05, 4.69) is 10.6 Å². The molecule has 2 aromatic carbocycles. The molecule has 3 N–H and O–H groups in total. The van der Waals surface area contributed by atoms with Gasteiger partial charge in [0.1, 0.15) is 28.5 Å². The molecule has 10 heteroatoms. The molecule has 0 fully saturated rings. The molecular formula is C30H44N2O8. The number of hydrogen-bond donors (Lipinski definition) is 3. The first-order valence-electron chi connectivity index (χ1n) is 13.4. The van der Waals surface area contributed by atoms with Gasteiger partial charge in [0.15, 0.2) is 0 Å². The molecule has 0 bridgehead atoms. The number of alkyl carbamates (subject to hydrolysis) is 2. The Morgan fingerprint density at radius 2 is 1.05 bits per heavy atom. The molecule has 0 heterocycles. The molecule has 0 aromatic heterocycles. The number of rotatable bonds is 15. The second-order valence-corrected chi connectivity index (χ2v) is 10.4. The molecule has 0 aliphatic rings. The lowest BCUT2D eigenvalue weighted by Crippen LogP contribution is -2.34. The van der Waals surface area contributed by atoms with Gasteiger partial charge in [-0.2, -0.15) is 0 Å². The van der Waals surface area contributed by atoms with Crippen LogP contribution in [-0.4, -0.2) is 51.7 Å². The molecule has 0 aliphatic carbocycles. The van der Waals surface area contributed by atoms with Gasteiger partial charge in [-0.15, -0.1) is 0 Å². The number of carbonyl (C=O) groups excluding carboxylic acids is 2. The maximum Gasteiger partial charge on any atom is 0.408 e. The van der Waals surface area contributed by atoms with Crippen LogP contribution in [0.2, 0.25) is 0 Å². The lowest BCUT2D eigenvalue weighted by molar-refractivity contribution is 0.0350. The summed E-state index contributed by atoms with van der Waals surface area (Å²) in [5, 5.41) is 15.1. The number of aliphatic hydroxyl groups is 1. The van der Waals surface area contributed by atoms with E-state index < -0.39 is 23.4 Å². The van der Waals surface area contributed by atoms with E-state index in [0.29, 0.717) is 35.9 Å². The highest BCUT2D eigenvalue weighted by molar-refractivity contribution is 5.68. The summed E-state index contributed by atoms with van der Waals surface area (Å²) in [5.41, 5.74) is 0.371. The van der Waals surface area contributed by atoms with Crippen molar-refractivity contribution in [3.63, 3.8) is 0 Å². The number of carbonyl (C=O) groups is 2. The molecule has 0 spiro atoms. The van der Waals surface area contributed by atoms with E-state index >= 15 is 0 Å². The summed E-state index contributed by atoms with van der Waals surface area (Å²) < 4.78 is 27.2. The van der Waals surface area contributed by atoms with Crippen LogP contribution in [0.3, 0.4) is 0 Å². The number of aliphatic hydroxyl groups excluding tert-OH is 1. The van der Waals surface area contributed by atoms with Gasteiger partial charge in [0.25, 0.3) is 0 Å². The highest BCUT2D eigenvalue weighted by atomic mass is 16.6. The van der Waals surface area contributed by atoms with Gasteiger partial charge in [0, 0.05) is 24.7 Å². The first kappa shape index (κ1) is 32.6. The van der Waals surface area contributed by atoms with Crippen molar-refractivity contribution in [3.8, 4) is 17.2 Å². The van der Waals surface area contributed by atoms with Crippen molar-refractivity contribution < 1.29 is 38.4 Å². The predicted molar refractivity (Wildman–Crippen MR) is 152 cm³/mol. The molecule has 0 aliphatic heterocycles. The zero-order valence-corrected chi connectivity index (χ0v) is 24.7. The topological polar surface area (TPSA) is 125 Å². The molecule has 2 aromatic rings. The predicted octanol–water partition coefficient (Wildman–Crippen LogP) is 5.39. The van der Waals surface area contributed by atoms with Crippen molar-refractivity contribution >= 4 is 12.2 Å². The van der Waals surface area contributed by atoms with Gasteiger partial charge in [-0.25, -0.2) is 9.59 Å². The van der Waals surface area contributed by atoms with Crippen molar-refractivity contribution in [1.82, 2.24) is 10.6 Å². The third-order valence-corrected chi connectivity index (χ3v) is 6.46. The second kappa shape index (κ2) is 15.2. The second-order valence-electron chi connectivity index (χ2n) is 10.4. The standard InChI is InChI=1S/C30H44N2O8/c1-29(2,22-14-21(20-33)15-24(16-22)36-5)39-27(34)31-12-10-8-9-11-13-32-28(35)40-30(3,4)23-17-25(37-6)19-26(18-23)38-7/h14-19,33H,8-13,20H2,1-7H3,(H,31,34)(H,32,35). The maximum atomic E-state index is 12.4. The third kappa shape index (κ3) is 10.1. The normalized spacial score (nSPS) is 11.4. The number of methoxy groups -OCH3 is 3. The van der Waals surface area contributed by atoms with Crippen LogP contribution >= 0.6 is 0 Å². The molecule has 10 nitrogen and oxygen atoms in total. The fraction of sp³-hybridized carbons (Fsp3) is 0.533. The summed E-state index contributed by atoms with van der Waals surface area (Å²) >= 11 is 0. The van der Waals surface area contributed by atoms with Gasteiger partial charge in [-0.05, 0) is 82.0 Å². The Bertz CT molecular complexity index is 985. The highest BCUT2D eigenvalue weighted by Gasteiger charge is 2.28. The molecule has 0 radical (unpaired) electrons. The number of hydrogen-bond acceptors (Lipinski definition) is 8. The highest BCUT2D eigenvalue weighted by Crippen LogP contribution is 2.32. The first-order chi connectivity index (χ1) is 18.9. The molecular weight excluding hydrogens is 516 g/mol. The van der Waals surface area contributed by atoms with E-state index in [4.69, 9.17) is 23.7 Å². The van der Waals surface area contributed by atoms with Gasteiger partial charge in [-0.3, -0.25) is 0 Å². The SMILES string of the molecule is COc1cc(CO)cc(C(C)(C)OC(=O)NCCCCCCNC(=O)OC(C)(C)c2cc(OC)cc(OC)c2)c1. The molecule has 0 unspecified atom stereocenters. The van der Waals surface area contributed by atoms with Gasteiger partial charge in [-0.1, -0.05) is 12.8 Å². The van der Waals surface area contributed by atoms with Crippen LogP contribution in [0, 0.1) is 0 Å². The zero-order chi connectivity index (χ0) is 29.8. The van der Waals surface area contributed by atoms with Crippen LogP contribution in [0.5, 0.6) is 17.2 Å². The Hall–Kier alpha value is -3.66. The molecule has 222 valence electrons. The first-order valence-corrected chi connectivity index (χ1v) is 13.4. The van der Waals surface area contributed by atoms with Crippen LogP contribution in [0.1, 0.15) is 70.1 Å². The van der Waals surface area contributed by atoms with Crippen molar-refractivity contribution in [2.75, 3.05) is 34.4 Å². The van der Waals surface area contributed by atoms with Gasteiger partial charge in [0.05, 0.1) is 27.9 Å². The summed E-state index contributed by atoms with van der Waals surface area (Å²) in [4.78, 5) is 24.7. The van der Waals surface area contributed by atoms with Crippen molar-refractivity contribution in [2.45, 2.75) is 71.2 Å². The van der Waals surface area contributed by atoms with Crippen LogP contribution in [-0.2, 0) is 27.3 Å². The van der Waals surface area contributed by atoms with Gasteiger partial charge < -0.3 is 39.4 Å².